The summed E-state index contributed by atoms with van der Waals surface area (Å²) >= 11 is 0. The van der Waals surface area contributed by atoms with Gasteiger partial charge in [0, 0.05) is 7.05 Å². The minimum atomic E-state index is -4.47. The zero-order valence-corrected chi connectivity index (χ0v) is 8.45. The Labute approximate surface area is 85.1 Å². The molecule has 0 saturated heterocycles. The smallest absolute Gasteiger partial charge is 0.290 e. The SMILES string of the molecule is Cn1ncc(C(=O)NN)c1NS(=O)(=O)O. The predicted molar refractivity (Wildman–Crippen MR) is 50.0 cm³/mol. The van der Waals surface area contributed by atoms with Gasteiger partial charge >= 0.3 is 10.3 Å². The lowest BCUT2D eigenvalue weighted by atomic mass is 10.3. The van der Waals surface area contributed by atoms with E-state index < -0.39 is 16.2 Å². The summed E-state index contributed by atoms with van der Waals surface area (Å²) in [5, 5.41) is 3.63. The predicted octanol–water partition coefficient (Wildman–Crippen LogP) is -1.76. The minimum Gasteiger partial charge on any atom is -0.290 e. The van der Waals surface area contributed by atoms with E-state index in [1.807, 2.05) is 5.43 Å². The maximum atomic E-state index is 11.1. The van der Waals surface area contributed by atoms with Crippen LogP contribution in [0.5, 0.6) is 0 Å². The van der Waals surface area contributed by atoms with Gasteiger partial charge < -0.3 is 0 Å². The van der Waals surface area contributed by atoms with Crippen molar-refractivity contribution in [3.63, 3.8) is 0 Å². The van der Waals surface area contributed by atoms with Crippen molar-refractivity contribution >= 4 is 22.0 Å². The average Bonchev–Trinajstić information content (AvgIpc) is 2.45. The third-order valence-corrected chi connectivity index (χ3v) is 1.99. The molecule has 1 heterocycles. The fourth-order valence-corrected chi connectivity index (χ4v) is 1.41. The Hall–Kier alpha value is -1.65. The van der Waals surface area contributed by atoms with Crippen molar-refractivity contribution in [2.75, 3.05) is 4.72 Å². The second kappa shape index (κ2) is 3.84. The van der Waals surface area contributed by atoms with Crippen molar-refractivity contribution in [1.82, 2.24) is 15.2 Å². The number of carbonyl (C=O) groups excluding carboxylic acids is 1. The first-order valence-electron chi connectivity index (χ1n) is 3.63. The molecule has 0 saturated carbocycles. The standard InChI is InChI=1S/C5H9N5O4S/c1-10-4(9-15(12,13)14)3(2-7-10)5(11)8-6/h2,9H,6H2,1H3,(H,8,11)(H,12,13,14). The second-order valence-corrected chi connectivity index (χ2v) is 3.74. The van der Waals surface area contributed by atoms with Crippen LogP contribution in [0, 0.1) is 0 Å². The number of nitrogens with two attached hydrogens (primary N) is 1. The Balaban J connectivity index is 3.16. The van der Waals surface area contributed by atoms with E-state index in [1.54, 1.807) is 4.72 Å². The van der Waals surface area contributed by atoms with Gasteiger partial charge in [0.1, 0.15) is 5.56 Å². The minimum absolute atomic E-state index is 0.0994. The molecule has 9 nitrogen and oxygen atoms in total. The number of nitrogens with one attached hydrogen (secondary N) is 2. The van der Waals surface area contributed by atoms with Crippen LogP contribution >= 0.6 is 0 Å². The fraction of sp³-hybridized carbons (Fsp3) is 0.200. The summed E-state index contributed by atoms with van der Waals surface area (Å²) in [4.78, 5) is 11.1. The molecule has 84 valence electrons. The number of carbonyl (C=O) groups is 1. The molecule has 0 atom stereocenters. The van der Waals surface area contributed by atoms with Crippen molar-refractivity contribution in [1.29, 1.82) is 0 Å². The van der Waals surface area contributed by atoms with Gasteiger partial charge in [-0.15, -0.1) is 0 Å². The molecule has 10 heteroatoms. The van der Waals surface area contributed by atoms with E-state index in [9.17, 15) is 13.2 Å². The van der Waals surface area contributed by atoms with Gasteiger partial charge in [-0.1, -0.05) is 0 Å². The summed E-state index contributed by atoms with van der Waals surface area (Å²) in [7, 11) is -3.08. The number of amides is 1. The van der Waals surface area contributed by atoms with E-state index in [0.717, 1.165) is 10.9 Å². The van der Waals surface area contributed by atoms with Crippen molar-refractivity contribution in [2.45, 2.75) is 0 Å². The van der Waals surface area contributed by atoms with Gasteiger partial charge in [0.2, 0.25) is 0 Å². The molecule has 0 aliphatic rings. The molecule has 15 heavy (non-hydrogen) atoms. The molecule has 0 aliphatic carbocycles. The van der Waals surface area contributed by atoms with Crippen LogP contribution in [0.4, 0.5) is 5.82 Å². The van der Waals surface area contributed by atoms with E-state index in [-0.39, 0.29) is 11.4 Å². The van der Waals surface area contributed by atoms with Gasteiger partial charge in [0.15, 0.2) is 5.82 Å². The first kappa shape index (κ1) is 11.4. The van der Waals surface area contributed by atoms with Gasteiger partial charge in [-0.05, 0) is 0 Å². The summed E-state index contributed by atoms with van der Waals surface area (Å²) in [5.74, 6) is 3.96. The van der Waals surface area contributed by atoms with Crippen LogP contribution in [0.1, 0.15) is 10.4 Å². The van der Waals surface area contributed by atoms with Crippen molar-refractivity contribution in [3.05, 3.63) is 11.8 Å². The number of aromatic nitrogens is 2. The number of hydrogen-bond donors (Lipinski definition) is 4. The van der Waals surface area contributed by atoms with Crippen LogP contribution in [0.25, 0.3) is 0 Å². The number of hydrazine groups is 1. The van der Waals surface area contributed by atoms with Crippen LogP contribution in [0.15, 0.2) is 6.20 Å². The summed E-state index contributed by atoms with van der Waals surface area (Å²) < 4.78 is 32.5. The van der Waals surface area contributed by atoms with E-state index in [1.165, 1.54) is 7.05 Å². The largest absolute Gasteiger partial charge is 0.358 e. The van der Waals surface area contributed by atoms with Crippen LogP contribution in [-0.4, -0.2) is 28.7 Å². The Morgan fingerprint density at radius 2 is 2.27 bits per heavy atom. The fourth-order valence-electron chi connectivity index (χ4n) is 0.925. The molecule has 0 aliphatic heterocycles. The van der Waals surface area contributed by atoms with E-state index >= 15 is 0 Å². The second-order valence-electron chi connectivity index (χ2n) is 2.58. The van der Waals surface area contributed by atoms with Gasteiger partial charge in [0.05, 0.1) is 6.20 Å². The van der Waals surface area contributed by atoms with Gasteiger partial charge in [0.25, 0.3) is 5.91 Å². The van der Waals surface area contributed by atoms with E-state index in [4.69, 9.17) is 10.4 Å². The van der Waals surface area contributed by atoms with Crippen LogP contribution < -0.4 is 16.0 Å². The summed E-state index contributed by atoms with van der Waals surface area (Å²) in [5.41, 5.74) is 1.71. The Morgan fingerprint density at radius 1 is 1.67 bits per heavy atom. The monoisotopic (exact) mass is 235 g/mol. The highest BCUT2D eigenvalue weighted by atomic mass is 32.2. The molecule has 0 bridgehead atoms. The zero-order valence-electron chi connectivity index (χ0n) is 7.63. The molecule has 1 amide bonds. The maximum Gasteiger partial charge on any atom is 0.358 e. The number of nitrogens with zero attached hydrogens (tertiary/aromatic N) is 2. The Bertz CT molecular complexity index is 478. The molecule has 1 aromatic rings. The lowest BCUT2D eigenvalue weighted by Gasteiger charge is -2.05. The first-order chi connectivity index (χ1) is 6.85. The van der Waals surface area contributed by atoms with Crippen molar-refractivity contribution in [3.8, 4) is 0 Å². The van der Waals surface area contributed by atoms with Gasteiger partial charge in [-0.25, -0.2) is 10.6 Å². The molecular weight excluding hydrogens is 226 g/mol. The summed E-state index contributed by atoms with van der Waals surface area (Å²) in [6.45, 7) is 0. The molecule has 0 aromatic carbocycles. The highest BCUT2D eigenvalue weighted by Gasteiger charge is 2.18. The lowest BCUT2D eigenvalue weighted by Crippen LogP contribution is -2.30. The first-order valence-corrected chi connectivity index (χ1v) is 5.07. The molecule has 1 rings (SSSR count). The van der Waals surface area contributed by atoms with Crippen LogP contribution in [0.3, 0.4) is 0 Å². The third kappa shape index (κ3) is 2.65. The number of anilines is 1. The number of nitrogen functional groups attached to an aromatic ring is 1. The molecule has 5 N–H and O–H groups in total. The van der Waals surface area contributed by atoms with E-state index in [0.29, 0.717) is 0 Å². The number of rotatable bonds is 3. The van der Waals surface area contributed by atoms with E-state index in [2.05, 4.69) is 5.10 Å². The summed E-state index contributed by atoms with van der Waals surface area (Å²) in [6.07, 6.45) is 1.11. The average molecular weight is 235 g/mol. The van der Waals surface area contributed by atoms with Crippen LogP contribution in [0.2, 0.25) is 0 Å². The Morgan fingerprint density at radius 3 is 2.73 bits per heavy atom. The summed E-state index contributed by atoms with van der Waals surface area (Å²) in [6, 6.07) is 0. The molecule has 1 aromatic heterocycles. The quantitative estimate of drug-likeness (QED) is 0.212. The number of aryl methyl sites for hydroxylation is 1. The maximum absolute atomic E-state index is 11.1. The van der Waals surface area contributed by atoms with Crippen molar-refractivity contribution < 1.29 is 17.8 Å². The molecule has 0 unspecified atom stereocenters. The van der Waals surface area contributed by atoms with Crippen molar-refractivity contribution in [2.24, 2.45) is 12.9 Å². The lowest BCUT2D eigenvalue weighted by molar-refractivity contribution is 0.0954. The normalized spacial score (nSPS) is 11.1. The third-order valence-electron chi connectivity index (χ3n) is 1.54. The highest BCUT2D eigenvalue weighted by molar-refractivity contribution is 7.87. The van der Waals surface area contributed by atoms with Gasteiger partial charge in [-0.2, -0.15) is 13.5 Å². The Kier molecular flexibility index (Phi) is 2.93. The molecule has 0 fully saturated rings. The molecular formula is C5H9N5O4S. The highest BCUT2D eigenvalue weighted by Crippen LogP contribution is 2.14. The molecule has 0 radical (unpaired) electrons. The zero-order chi connectivity index (χ0) is 11.6. The number of hydrogen-bond acceptors (Lipinski definition) is 5. The van der Waals surface area contributed by atoms with Gasteiger partial charge in [-0.3, -0.25) is 19.5 Å². The topological polar surface area (TPSA) is 139 Å². The van der Waals surface area contributed by atoms with Crippen LogP contribution in [-0.2, 0) is 17.4 Å². The molecule has 0 spiro atoms.